The third-order valence-electron chi connectivity index (χ3n) is 6.69. The van der Waals surface area contributed by atoms with Gasteiger partial charge in [-0.25, -0.2) is 0 Å². The fourth-order valence-corrected chi connectivity index (χ4v) is 5.15. The van der Waals surface area contributed by atoms with Crippen LogP contribution in [-0.4, -0.2) is 18.1 Å². The lowest BCUT2D eigenvalue weighted by atomic mass is 9.66. The van der Waals surface area contributed by atoms with Gasteiger partial charge in [0.15, 0.2) is 0 Å². The zero-order valence-corrected chi connectivity index (χ0v) is 13.3. The van der Waals surface area contributed by atoms with E-state index < -0.39 is 0 Å². The van der Waals surface area contributed by atoms with Gasteiger partial charge in [0.05, 0.1) is 0 Å². The molecule has 0 atom stereocenters. The molecule has 0 unspecified atom stereocenters. The second kappa shape index (κ2) is 6.36. The van der Waals surface area contributed by atoms with Gasteiger partial charge in [-0.3, -0.25) is 0 Å². The van der Waals surface area contributed by atoms with Crippen LogP contribution in [0, 0.1) is 5.41 Å². The molecule has 0 aliphatic heterocycles. The Labute approximate surface area is 125 Å². The Kier molecular flexibility index (Phi) is 4.72. The molecule has 0 heterocycles. The van der Waals surface area contributed by atoms with Gasteiger partial charge in [0.2, 0.25) is 0 Å². The molecule has 0 aromatic rings. The van der Waals surface area contributed by atoms with Crippen LogP contribution in [0.15, 0.2) is 0 Å². The first-order valence-corrected chi connectivity index (χ1v) is 9.24. The third-order valence-corrected chi connectivity index (χ3v) is 6.69. The Bertz CT molecular complexity index is 289. The summed E-state index contributed by atoms with van der Waals surface area (Å²) < 4.78 is 0. The Hall–Kier alpha value is -0.0800. The van der Waals surface area contributed by atoms with E-state index >= 15 is 0 Å². The Morgan fingerprint density at radius 1 is 0.750 bits per heavy atom. The molecule has 20 heavy (non-hydrogen) atoms. The standard InChI is InChI=1S/C18H34N2/c19-15-18(20-16-7-3-1-2-4-8-16)13-11-17(12-14-18)9-5-6-10-17/h16,20H,1-15,19H2. The summed E-state index contributed by atoms with van der Waals surface area (Å²) >= 11 is 0. The predicted octanol–water partition coefficient (Wildman–Crippen LogP) is 4.13. The van der Waals surface area contributed by atoms with Gasteiger partial charge >= 0.3 is 0 Å². The lowest BCUT2D eigenvalue weighted by molar-refractivity contribution is 0.103. The number of rotatable bonds is 3. The first kappa shape index (κ1) is 14.8. The predicted molar refractivity (Wildman–Crippen MR) is 85.8 cm³/mol. The van der Waals surface area contributed by atoms with E-state index in [1.54, 1.807) is 0 Å². The Balaban J connectivity index is 1.58. The normalized spacial score (nSPS) is 30.4. The summed E-state index contributed by atoms with van der Waals surface area (Å²) in [5.74, 6) is 0. The number of nitrogens with two attached hydrogens (primary N) is 1. The van der Waals surface area contributed by atoms with Crippen LogP contribution in [-0.2, 0) is 0 Å². The number of hydrogen-bond acceptors (Lipinski definition) is 2. The van der Waals surface area contributed by atoms with E-state index in [-0.39, 0.29) is 5.54 Å². The van der Waals surface area contributed by atoms with Crippen LogP contribution in [0.4, 0.5) is 0 Å². The average molecular weight is 278 g/mol. The van der Waals surface area contributed by atoms with Gasteiger partial charge in [-0.2, -0.15) is 0 Å². The van der Waals surface area contributed by atoms with Crippen LogP contribution < -0.4 is 11.1 Å². The highest BCUT2D eigenvalue weighted by atomic mass is 15.0. The van der Waals surface area contributed by atoms with Crippen molar-refractivity contribution in [1.82, 2.24) is 5.32 Å². The number of hydrogen-bond donors (Lipinski definition) is 2. The third kappa shape index (κ3) is 3.22. The van der Waals surface area contributed by atoms with Crippen LogP contribution in [0.3, 0.4) is 0 Å². The molecule has 0 bridgehead atoms. The van der Waals surface area contributed by atoms with Gasteiger partial charge in [-0.1, -0.05) is 38.5 Å². The largest absolute Gasteiger partial charge is 0.329 e. The fourth-order valence-electron chi connectivity index (χ4n) is 5.15. The van der Waals surface area contributed by atoms with Gasteiger partial charge in [-0.15, -0.1) is 0 Å². The summed E-state index contributed by atoms with van der Waals surface area (Å²) in [7, 11) is 0. The van der Waals surface area contributed by atoms with Crippen molar-refractivity contribution < 1.29 is 0 Å². The minimum atomic E-state index is 0.281. The maximum Gasteiger partial charge on any atom is 0.0306 e. The van der Waals surface area contributed by atoms with E-state index in [4.69, 9.17) is 5.73 Å². The summed E-state index contributed by atoms with van der Waals surface area (Å²) in [6.07, 6.45) is 20.0. The first-order chi connectivity index (χ1) is 9.76. The molecular weight excluding hydrogens is 244 g/mol. The van der Waals surface area contributed by atoms with E-state index in [1.807, 2.05) is 0 Å². The highest BCUT2D eigenvalue weighted by Crippen LogP contribution is 2.51. The zero-order valence-electron chi connectivity index (χ0n) is 13.3. The maximum absolute atomic E-state index is 6.22. The molecule has 0 radical (unpaired) electrons. The highest BCUT2D eigenvalue weighted by molar-refractivity contribution is 5.01. The molecular formula is C18H34N2. The summed E-state index contributed by atoms with van der Waals surface area (Å²) in [5.41, 5.74) is 7.23. The quantitative estimate of drug-likeness (QED) is 0.762. The summed E-state index contributed by atoms with van der Waals surface area (Å²) in [6, 6.07) is 0.749. The lowest BCUT2D eigenvalue weighted by Crippen LogP contribution is -2.57. The Morgan fingerprint density at radius 2 is 1.35 bits per heavy atom. The van der Waals surface area contributed by atoms with Crippen molar-refractivity contribution in [3.05, 3.63) is 0 Å². The van der Waals surface area contributed by atoms with E-state index in [9.17, 15) is 0 Å². The average Bonchev–Trinajstić information content (AvgIpc) is 2.78. The maximum atomic E-state index is 6.22. The smallest absolute Gasteiger partial charge is 0.0306 e. The van der Waals surface area contributed by atoms with Crippen LogP contribution in [0.5, 0.6) is 0 Å². The van der Waals surface area contributed by atoms with Crippen molar-refractivity contribution in [2.45, 2.75) is 101 Å². The van der Waals surface area contributed by atoms with Crippen LogP contribution in [0.25, 0.3) is 0 Å². The van der Waals surface area contributed by atoms with E-state index in [2.05, 4.69) is 5.32 Å². The van der Waals surface area contributed by atoms with Crippen molar-refractivity contribution in [1.29, 1.82) is 0 Å². The topological polar surface area (TPSA) is 38.0 Å². The van der Waals surface area contributed by atoms with Crippen molar-refractivity contribution >= 4 is 0 Å². The molecule has 1 spiro atoms. The molecule has 116 valence electrons. The fraction of sp³-hybridized carbons (Fsp3) is 1.00. The molecule has 3 fully saturated rings. The minimum absolute atomic E-state index is 0.281. The molecule has 0 aromatic heterocycles. The van der Waals surface area contributed by atoms with E-state index in [1.165, 1.54) is 89.9 Å². The second-order valence-electron chi connectivity index (χ2n) is 8.02. The van der Waals surface area contributed by atoms with Crippen molar-refractivity contribution in [2.75, 3.05) is 6.54 Å². The molecule has 0 aromatic carbocycles. The van der Waals surface area contributed by atoms with Crippen molar-refractivity contribution in [3.63, 3.8) is 0 Å². The molecule has 0 saturated heterocycles. The molecule has 3 aliphatic rings. The molecule has 3 saturated carbocycles. The Morgan fingerprint density at radius 3 is 1.90 bits per heavy atom. The second-order valence-corrected chi connectivity index (χ2v) is 8.02. The SMILES string of the molecule is NCC1(NC2CCCCCC2)CCC2(CCCC2)CC1. The monoisotopic (exact) mass is 278 g/mol. The molecule has 3 N–H and O–H groups in total. The minimum Gasteiger partial charge on any atom is -0.329 e. The molecule has 3 rings (SSSR count). The van der Waals surface area contributed by atoms with Gasteiger partial charge < -0.3 is 11.1 Å². The zero-order chi connectivity index (χ0) is 13.9. The van der Waals surface area contributed by atoms with Crippen LogP contribution in [0.2, 0.25) is 0 Å². The van der Waals surface area contributed by atoms with E-state index in [0.29, 0.717) is 0 Å². The van der Waals surface area contributed by atoms with Crippen LogP contribution in [0.1, 0.15) is 89.9 Å². The van der Waals surface area contributed by atoms with Gasteiger partial charge in [0, 0.05) is 18.1 Å². The van der Waals surface area contributed by atoms with Crippen molar-refractivity contribution in [3.8, 4) is 0 Å². The number of nitrogens with one attached hydrogen (secondary N) is 1. The first-order valence-electron chi connectivity index (χ1n) is 9.24. The summed E-state index contributed by atoms with van der Waals surface area (Å²) in [4.78, 5) is 0. The summed E-state index contributed by atoms with van der Waals surface area (Å²) in [6.45, 7) is 0.847. The van der Waals surface area contributed by atoms with Gasteiger partial charge in [0.25, 0.3) is 0 Å². The van der Waals surface area contributed by atoms with E-state index in [0.717, 1.165) is 18.0 Å². The summed E-state index contributed by atoms with van der Waals surface area (Å²) in [5, 5.41) is 4.04. The van der Waals surface area contributed by atoms with Gasteiger partial charge in [0.1, 0.15) is 0 Å². The molecule has 2 nitrogen and oxygen atoms in total. The van der Waals surface area contributed by atoms with Crippen molar-refractivity contribution in [2.24, 2.45) is 11.1 Å². The molecule has 0 amide bonds. The van der Waals surface area contributed by atoms with Crippen LogP contribution >= 0.6 is 0 Å². The molecule has 3 aliphatic carbocycles. The molecule has 2 heteroatoms. The lowest BCUT2D eigenvalue weighted by Gasteiger charge is -2.47. The highest BCUT2D eigenvalue weighted by Gasteiger charge is 2.43. The van der Waals surface area contributed by atoms with Gasteiger partial charge in [-0.05, 0) is 56.8 Å².